The maximum atomic E-state index is 11.1. The number of fused-ring (bicyclic) bond motifs is 3. The molecule has 0 unspecified atom stereocenters. The predicted molar refractivity (Wildman–Crippen MR) is 160 cm³/mol. The fourth-order valence-electron chi connectivity index (χ4n) is 4.60. The van der Waals surface area contributed by atoms with E-state index in [0.717, 1.165) is 47.1 Å². The van der Waals surface area contributed by atoms with Crippen LogP contribution in [0.3, 0.4) is 0 Å². The molecule has 6 rings (SSSR count). The summed E-state index contributed by atoms with van der Waals surface area (Å²) in [6.07, 6.45) is 0. The summed E-state index contributed by atoms with van der Waals surface area (Å²) in [6.45, 7) is 10.5. The summed E-state index contributed by atoms with van der Waals surface area (Å²) in [5.41, 5.74) is 10.2. The second-order valence-corrected chi connectivity index (χ2v) is 9.26. The van der Waals surface area contributed by atoms with Crippen molar-refractivity contribution in [1.29, 1.82) is 0 Å². The molecule has 0 aliphatic carbocycles. The molecular formula is C30H32ClN7O2. The molecule has 3 heterocycles. The van der Waals surface area contributed by atoms with E-state index in [-0.39, 0.29) is 0 Å². The standard InChI is InChI=1S/C10H9ClN2O.C10H11N3O.C10H12N2/c2*1-2-13-8-6-4-3-5-7(8)9(12-13)10(11)14;1-3-12-10-7-5-4-6-9(10)8(2)11-12/h3-6H,2H2,1H3;3-6H,2H2,1H3,(H2,11,14);4-7H,3H2,1-2H3. The zero-order valence-electron chi connectivity index (χ0n) is 23.0. The van der Waals surface area contributed by atoms with Gasteiger partial charge in [0.15, 0.2) is 11.4 Å². The molecule has 0 radical (unpaired) electrons. The highest BCUT2D eigenvalue weighted by molar-refractivity contribution is 6.68. The molecule has 3 aromatic heterocycles. The number of halogens is 1. The quantitative estimate of drug-likeness (QED) is 0.263. The SMILES string of the molecule is CCn1nc(C(=O)Cl)c2ccccc21.CCn1nc(C(N)=O)c2ccccc21.CCn1nc(C)c2ccccc21. The summed E-state index contributed by atoms with van der Waals surface area (Å²) in [5.74, 6) is -0.478. The smallest absolute Gasteiger partial charge is 0.273 e. The third-order valence-corrected chi connectivity index (χ3v) is 6.66. The molecule has 206 valence electrons. The van der Waals surface area contributed by atoms with Crippen molar-refractivity contribution in [3.8, 4) is 0 Å². The van der Waals surface area contributed by atoms with Gasteiger partial charge in [0.25, 0.3) is 11.1 Å². The lowest BCUT2D eigenvalue weighted by molar-refractivity contribution is 0.0995. The number of rotatable bonds is 5. The Morgan fingerprint density at radius 2 is 1.02 bits per heavy atom. The topological polar surface area (TPSA) is 114 Å². The van der Waals surface area contributed by atoms with E-state index in [2.05, 4.69) is 53.4 Å². The molecule has 0 aliphatic heterocycles. The summed E-state index contributed by atoms with van der Waals surface area (Å²) in [6, 6.07) is 23.5. The molecular weight excluding hydrogens is 526 g/mol. The summed E-state index contributed by atoms with van der Waals surface area (Å²) in [7, 11) is 0. The van der Waals surface area contributed by atoms with Crippen molar-refractivity contribution < 1.29 is 9.59 Å². The van der Waals surface area contributed by atoms with Crippen molar-refractivity contribution in [2.24, 2.45) is 5.73 Å². The van der Waals surface area contributed by atoms with Crippen LogP contribution in [-0.4, -0.2) is 40.5 Å². The van der Waals surface area contributed by atoms with E-state index in [1.807, 2.05) is 67.1 Å². The Morgan fingerprint density at radius 1 is 0.650 bits per heavy atom. The summed E-state index contributed by atoms with van der Waals surface area (Å²) in [4.78, 5) is 22.2. The number of hydrogen-bond acceptors (Lipinski definition) is 5. The number of primary amides is 1. The van der Waals surface area contributed by atoms with Gasteiger partial charge in [0, 0.05) is 35.8 Å². The van der Waals surface area contributed by atoms with Crippen LogP contribution in [0.4, 0.5) is 0 Å². The Balaban J connectivity index is 0.000000139. The zero-order chi connectivity index (χ0) is 28.8. The molecule has 9 nitrogen and oxygen atoms in total. The largest absolute Gasteiger partial charge is 0.364 e. The van der Waals surface area contributed by atoms with Crippen molar-refractivity contribution in [2.45, 2.75) is 47.3 Å². The number of hydrogen-bond donors (Lipinski definition) is 1. The molecule has 2 N–H and O–H groups in total. The van der Waals surface area contributed by atoms with Gasteiger partial charge in [0.2, 0.25) is 0 Å². The van der Waals surface area contributed by atoms with Crippen molar-refractivity contribution in [3.05, 3.63) is 89.9 Å². The highest BCUT2D eigenvalue weighted by atomic mass is 35.5. The van der Waals surface area contributed by atoms with Crippen molar-refractivity contribution in [2.75, 3.05) is 0 Å². The number of aromatic nitrogens is 6. The van der Waals surface area contributed by atoms with E-state index in [1.165, 1.54) is 10.9 Å². The molecule has 0 saturated carbocycles. The Labute approximate surface area is 237 Å². The minimum Gasteiger partial charge on any atom is -0.364 e. The van der Waals surface area contributed by atoms with Crippen LogP contribution in [-0.2, 0) is 19.6 Å². The maximum absolute atomic E-state index is 11.1. The highest BCUT2D eigenvalue weighted by Crippen LogP contribution is 2.20. The highest BCUT2D eigenvalue weighted by Gasteiger charge is 2.14. The van der Waals surface area contributed by atoms with Crippen molar-refractivity contribution >= 4 is 55.5 Å². The van der Waals surface area contributed by atoms with Crippen LogP contribution >= 0.6 is 11.6 Å². The molecule has 0 atom stereocenters. The molecule has 40 heavy (non-hydrogen) atoms. The van der Waals surface area contributed by atoms with E-state index < -0.39 is 11.1 Å². The molecule has 0 saturated heterocycles. The first-order valence-electron chi connectivity index (χ1n) is 13.1. The number of nitrogens with zero attached hydrogens (tertiary/aromatic N) is 6. The Hall–Kier alpha value is -4.50. The first-order valence-corrected chi connectivity index (χ1v) is 13.5. The van der Waals surface area contributed by atoms with Gasteiger partial charge in [-0.05, 0) is 57.5 Å². The van der Waals surface area contributed by atoms with E-state index in [0.29, 0.717) is 11.4 Å². The molecule has 0 bridgehead atoms. The second kappa shape index (κ2) is 12.6. The van der Waals surface area contributed by atoms with Crippen molar-refractivity contribution in [1.82, 2.24) is 29.3 Å². The number of benzene rings is 3. The normalized spacial score (nSPS) is 10.7. The van der Waals surface area contributed by atoms with Crippen LogP contribution in [0.25, 0.3) is 32.7 Å². The van der Waals surface area contributed by atoms with Crippen LogP contribution in [0, 0.1) is 6.92 Å². The first-order chi connectivity index (χ1) is 19.3. The Kier molecular flexibility index (Phi) is 8.96. The van der Waals surface area contributed by atoms with Gasteiger partial charge >= 0.3 is 0 Å². The maximum Gasteiger partial charge on any atom is 0.273 e. The lowest BCUT2D eigenvalue weighted by Crippen LogP contribution is -2.12. The third kappa shape index (κ3) is 5.74. The molecule has 10 heteroatoms. The first kappa shape index (κ1) is 28.5. The van der Waals surface area contributed by atoms with Gasteiger partial charge in [0.1, 0.15) is 0 Å². The minimum atomic E-state index is -0.506. The van der Waals surface area contributed by atoms with E-state index in [4.69, 9.17) is 17.3 Å². The average molecular weight is 558 g/mol. The molecule has 3 aromatic carbocycles. The molecule has 0 spiro atoms. The zero-order valence-corrected chi connectivity index (χ0v) is 23.8. The van der Waals surface area contributed by atoms with Crippen LogP contribution in [0.2, 0.25) is 0 Å². The van der Waals surface area contributed by atoms with E-state index in [1.54, 1.807) is 9.36 Å². The minimum absolute atomic E-state index is 0.337. The molecule has 0 fully saturated rings. The Bertz CT molecular complexity index is 1710. The van der Waals surface area contributed by atoms with Crippen molar-refractivity contribution in [3.63, 3.8) is 0 Å². The van der Waals surface area contributed by atoms with Gasteiger partial charge < -0.3 is 5.73 Å². The Morgan fingerprint density at radius 3 is 1.48 bits per heavy atom. The summed E-state index contributed by atoms with van der Waals surface area (Å²) >= 11 is 5.44. The lowest BCUT2D eigenvalue weighted by atomic mass is 10.2. The lowest BCUT2D eigenvalue weighted by Gasteiger charge is -1.95. The summed E-state index contributed by atoms with van der Waals surface area (Å²) < 4.78 is 5.57. The number of carbonyl (C=O) groups is 2. The van der Waals surface area contributed by atoms with Crippen LogP contribution in [0.1, 0.15) is 47.4 Å². The van der Waals surface area contributed by atoms with Crippen LogP contribution in [0.15, 0.2) is 72.8 Å². The van der Waals surface area contributed by atoms with Gasteiger partial charge in [-0.3, -0.25) is 23.6 Å². The number of amides is 1. The third-order valence-electron chi connectivity index (χ3n) is 6.48. The van der Waals surface area contributed by atoms with Gasteiger partial charge in [-0.25, -0.2) is 0 Å². The molecule has 0 aliphatic rings. The number of aryl methyl sites for hydroxylation is 4. The molecule has 1 amide bonds. The second-order valence-electron chi connectivity index (χ2n) is 8.92. The summed E-state index contributed by atoms with van der Waals surface area (Å²) in [5, 5.41) is 15.1. The van der Waals surface area contributed by atoms with Gasteiger partial charge in [-0.1, -0.05) is 54.6 Å². The predicted octanol–water partition coefficient (Wildman–Crippen LogP) is 5.95. The fourth-order valence-corrected chi connectivity index (χ4v) is 4.74. The van der Waals surface area contributed by atoms with E-state index in [9.17, 15) is 9.59 Å². The van der Waals surface area contributed by atoms with Gasteiger partial charge in [-0.2, -0.15) is 15.3 Å². The van der Waals surface area contributed by atoms with Crippen LogP contribution < -0.4 is 5.73 Å². The van der Waals surface area contributed by atoms with Crippen LogP contribution in [0.5, 0.6) is 0 Å². The fraction of sp³-hybridized carbons (Fsp3) is 0.233. The van der Waals surface area contributed by atoms with Gasteiger partial charge in [-0.15, -0.1) is 0 Å². The van der Waals surface area contributed by atoms with E-state index >= 15 is 0 Å². The molecule has 6 aromatic rings. The number of nitrogens with two attached hydrogens (primary N) is 1. The number of para-hydroxylation sites is 3. The number of carbonyl (C=O) groups excluding carboxylic acids is 2. The van der Waals surface area contributed by atoms with Gasteiger partial charge in [0.05, 0.1) is 22.2 Å². The average Bonchev–Trinajstić information content (AvgIpc) is 3.65. The monoisotopic (exact) mass is 557 g/mol.